The molecule has 0 fully saturated rings. The lowest BCUT2D eigenvalue weighted by Crippen LogP contribution is -2.21. The van der Waals surface area contributed by atoms with Gasteiger partial charge in [-0.05, 0) is 47.5 Å². The Bertz CT molecular complexity index is 1880. The highest BCUT2D eigenvalue weighted by molar-refractivity contribution is 7.88. The number of H-pyrrole nitrogens is 2. The number of imidazole rings is 1. The SMILES string of the molecule is CS(=O)(=O)NCc1cc(F)cc(-c2cccc3[nH]c(-c4n[nH]c5ncc(-c6cccnc6)cc45)nc23)c1. The summed E-state index contributed by atoms with van der Waals surface area (Å²) in [5, 5.41) is 8.20. The molecule has 0 spiro atoms. The van der Waals surface area contributed by atoms with Gasteiger partial charge in [0.1, 0.15) is 11.5 Å². The average molecular weight is 514 g/mol. The molecule has 2 aromatic carbocycles. The lowest BCUT2D eigenvalue weighted by atomic mass is 10.0. The molecule has 0 bridgehead atoms. The van der Waals surface area contributed by atoms with Gasteiger partial charge in [0.05, 0.1) is 22.7 Å². The minimum atomic E-state index is -3.42. The van der Waals surface area contributed by atoms with E-state index in [4.69, 9.17) is 4.98 Å². The lowest BCUT2D eigenvalue weighted by molar-refractivity contribution is 0.586. The Kier molecular flexibility index (Phi) is 5.50. The van der Waals surface area contributed by atoms with Gasteiger partial charge in [0.25, 0.3) is 0 Å². The molecule has 6 rings (SSSR count). The molecule has 37 heavy (non-hydrogen) atoms. The third-order valence-electron chi connectivity index (χ3n) is 5.96. The number of nitrogens with one attached hydrogen (secondary N) is 3. The maximum atomic E-state index is 14.5. The summed E-state index contributed by atoms with van der Waals surface area (Å²) in [6.45, 7) is -0.0170. The van der Waals surface area contributed by atoms with Crippen LogP contribution in [0.15, 0.2) is 73.2 Å². The van der Waals surface area contributed by atoms with Crippen molar-refractivity contribution in [3.63, 3.8) is 0 Å². The predicted octanol–water partition coefficient (Wildman–Crippen LogP) is 4.42. The molecule has 0 aliphatic heterocycles. The first-order chi connectivity index (χ1) is 17.8. The molecule has 3 N–H and O–H groups in total. The molecule has 0 amide bonds. The minimum Gasteiger partial charge on any atom is -0.337 e. The molecule has 0 aliphatic rings. The van der Waals surface area contributed by atoms with Gasteiger partial charge in [-0.2, -0.15) is 5.10 Å². The van der Waals surface area contributed by atoms with Gasteiger partial charge in [0, 0.05) is 41.8 Å². The van der Waals surface area contributed by atoms with E-state index in [2.05, 4.69) is 29.9 Å². The van der Waals surface area contributed by atoms with Crippen LogP contribution in [0.2, 0.25) is 0 Å². The highest BCUT2D eigenvalue weighted by atomic mass is 32.2. The summed E-state index contributed by atoms with van der Waals surface area (Å²) < 4.78 is 39.9. The maximum Gasteiger partial charge on any atom is 0.209 e. The van der Waals surface area contributed by atoms with Crippen LogP contribution in [0.5, 0.6) is 0 Å². The Labute approximate surface area is 210 Å². The molecule has 4 heterocycles. The van der Waals surface area contributed by atoms with Crippen molar-refractivity contribution in [2.75, 3.05) is 6.26 Å². The number of halogens is 1. The van der Waals surface area contributed by atoms with Crippen LogP contribution < -0.4 is 4.72 Å². The Morgan fingerprint density at radius 1 is 1.00 bits per heavy atom. The summed E-state index contributed by atoms with van der Waals surface area (Å²) >= 11 is 0. The molecule has 0 radical (unpaired) electrons. The molecule has 9 nitrogen and oxygen atoms in total. The second-order valence-corrected chi connectivity index (χ2v) is 10.5. The zero-order valence-electron chi connectivity index (χ0n) is 19.5. The molecule has 0 saturated carbocycles. The molecule has 0 atom stereocenters. The van der Waals surface area contributed by atoms with Crippen molar-refractivity contribution in [3.8, 4) is 33.8 Å². The van der Waals surface area contributed by atoms with Gasteiger partial charge in [-0.25, -0.2) is 27.5 Å². The van der Waals surface area contributed by atoms with E-state index < -0.39 is 15.8 Å². The van der Waals surface area contributed by atoms with Crippen molar-refractivity contribution in [3.05, 3.63) is 84.6 Å². The average Bonchev–Trinajstić information content (AvgIpc) is 3.51. The summed E-state index contributed by atoms with van der Waals surface area (Å²) in [5.41, 5.74) is 6.23. The molecular weight excluding hydrogens is 493 g/mol. The number of para-hydroxylation sites is 1. The number of hydrogen-bond acceptors (Lipinski definition) is 6. The zero-order valence-corrected chi connectivity index (χ0v) is 20.3. The van der Waals surface area contributed by atoms with Crippen LogP contribution in [-0.2, 0) is 16.6 Å². The van der Waals surface area contributed by atoms with E-state index in [0.717, 1.165) is 28.3 Å². The lowest BCUT2D eigenvalue weighted by Gasteiger charge is -2.08. The fourth-order valence-electron chi connectivity index (χ4n) is 4.27. The standard InChI is InChI=1S/C26H20FN7O2S/c1-37(35,36)30-12-15-8-17(10-19(27)9-15)20-5-2-6-22-23(20)32-26(31-22)24-21-11-18(14-29-25(21)34-33-24)16-4-3-7-28-13-16/h2-11,13-14,30H,12H2,1H3,(H,31,32)(H,29,33,34). The Balaban J connectivity index is 1.44. The van der Waals surface area contributed by atoms with Gasteiger partial charge in [-0.15, -0.1) is 0 Å². The molecule has 11 heteroatoms. The van der Waals surface area contributed by atoms with Gasteiger partial charge >= 0.3 is 0 Å². The van der Waals surface area contributed by atoms with Crippen molar-refractivity contribution in [1.29, 1.82) is 0 Å². The van der Waals surface area contributed by atoms with Crippen molar-refractivity contribution in [2.24, 2.45) is 0 Å². The third-order valence-corrected chi connectivity index (χ3v) is 6.62. The van der Waals surface area contributed by atoms with Crippen LogP contribution >= 0.6 is 0 Å². The fraction of sp³-hybridized carbons (Fsp3) is 0.0769. The topological polar surface area (TPSA) is 129 Å². The Morgan fingerprint density at radius 2 is 1.89 bits per heavy atom. The second-order valence-electron chi connectivity index (χ2n) is 8.66. The van der Waals surface area contributed by atoms with Crippen molar-refractivity contribution < 1.29 is 12.8 Å². The van der Waals surface area contributed by atoms with E-state index in [1.165, 1.54) is 12.1 Å². The highest BCUT2D eigenvalue weighted by Crippen LogP contribution is 2.33. The van der Waals surface area contributed by atoms with Crippen LogP contribution in [0.1, 0.15) is 5.56 Å². The first-order valence-electron chi connectivity index (χ1n) is 11.3. The van der Waals surface area contributed by atoms with Crippen LogP contribution in [-0.4, -0.2) is 44.8 Å². The van der Waals surface area contributed by atoms with Crippen molar-refractivity contribution in [2.45, 2.75) is 6.54 Å². The number of rotatable bonds is 6. The smallest absolute Gasteiger partial charge is 0.209 e. The second kappa shape index (κ2) is 8.87. The normalized spacial score (nSPS) is 11.9. The Morgan fingerprint density at radius 3 is 2.70 bits per heavy atom. The van der Waals surface area contributed by atoms with E-state index in [9.17, 15) is 12.8 Å². The van der Waals surface area contributed by atoms with E-state index >= 15 is 0 Å². The zero-order chi connectivity index (χ0) is 25.6. The molecular formula is C26H20FN7O2S. The van der Waals surface area contributed by atoms with Gasteiger partial charge in [-0.3, -0.25) is 10.1 Å². The Hall–Kier alpha value is -4.48. The maximum absolute atomic E-state index is 14.5. The summed E-state index contributed by atoms with van der Waals surface area (Å²) in [7, 11) is -3.42. The molecule has 0 aliphatic carbocycles. The van der Waals surface area contributed by atoms with Gasteiger partial charge in [-0.1, -0.05) is 18.2 Å². The van der Waals surface area contributed by atoms with Crippen molar-refractivity contribution >= 4 is 32.1 Å². The van der Waals surface area contributed by atoms with E-state index in [-0.39, 0.29) is 6.54 Å². The van der Waals surface area contributed by atoms with Gasteiger partial charge in [0.2, 0.25) is 10.0 Å². The number of pyridine rings is 2. The molecule has 0 saturated heterocycles. The largest absolute Gasteiger partial charge is 0.337 e. The van der Waals surface area contributed by atoms with Gasteiger partial charge in [0.15, 0.2) is 11.5 Å². The van der Waals surface area contributed by atoms with E-state index in [1.807, 2.05) is 36.4 Å². The number of hydrogen-bond donors (Lipinski definition) is 3. The fourth-order valence-corrected chi connectivity index (χ4v) is 4.70. The number of aromatic nitrogens is 6. The summed E-state index contributed by atoms with van der Waals surface area (Å²) in [4.78, 5) is 16.8. The quantitative estimate of drug-likeness (QED) is 0.302. The van der Waals surface area contributed by atoms with Crippen LogP contribution in [0.25, 0.3) is 55.8 Å². The number of benzene rings is 2. The summed E-state index contributed by atoms with van der Waals surface area (Å²) in [6, 6.07) is 15.9. The number of fused-ring (bicyclic) bond motifs is 2. The molecule has 4 aromatic heterocycles. The third kappa shape index (κ3) is 4.57. The minimum absolute atomic E-state index is 0.0170. The molecule has 184 valence electrons. The number of sulfonamides is 1. The van der Waals surface area contributed by atoms with Crippen LogP contribution in [0, 0.1) is 5.82 Å². The van der Waals surface area contributed by atoms with Gasteiger partial charge < -0.3 is 4.98 Å². The first kappa shape index (κ1) is 23.0. The molecule has 6 aromatic rings. The first-order valence-corrected chi connectivity index (χ1v) is 13.2. The van der Waals surface area contributed by atoms with E-state index in [1.54, 1.807) is 24.7 Å². The molecule has 0 unspecified atom stereocenters. The predicted molar refractivity (Wildman–Crippen MR) is 139 cm³/mol. The van der Waals surface area contributed by atoms with E-state index in [0.29, 0.717) is 39.4 Å². The van der Waals surface area contributed by atoms with Crippen LogP contribution in [0.3, 0.4) is 0 Å². The highest BCUT2D eigenvalue weighted by Gasteiger charge is 2.17. The number of aromatic amines is 2. The number of nitrogens with zero attached hydrogens (tertiary/aromatic N) is 4. The summed E-state index contributed by atoms with van der Waals surface area (Å²) in [6.07, 6.45) is 6.31. The van der Waals surface area contributed by atoms with Crippen molar-refractivity contribution in [1.82, 2.24) is 34.9 Å². The monoisotopic (exact) mass is 513 g/mol. The summed E-state index contributed by atoms with van der Waals surface area (Å²) in [5.74, 6) is 0.0667. The van der Waals surface area contributed by atoms with Crippen LogP contribution in [0.4, 0.5) is 4.39 Å².